The van der Waals surface area contributed by atoms with E-state index in [-0.39, 0.29) is 29.9 Å². The molecule has 0 unspecified atom stereocenters. The highest BCUT2D eigenvalue weighted by atomic mass is 32.2. The van der Waals surface area contributed by atoms with Gasteiger partial charge in [0.1, 0.15) is 5.75 Å². The van der Waals surface area contributed by atoms with Gasteiger partial charge in [0.05, 0.1) is 12.4 Å². The summed E-state index contributed by atoms with van der Waals surface area (Å²) >= 11 is 0. The van der Waals surface area contributed by atoms with Crippen LogP contribution in [0.1, 0.15) is 18.4 Å². The van der Waals surface area contributed by atoms with Crippen LogP contribution in [0, 0.1) is 5.41 Å². The van der Waals surface area contributed by atoms with E-state index in [1.165, 1.54) is 5.56 Å². The number of primary sulfonamides is 1. The third kappa shape index (κ3) is 3.25. The van der Waals surface area contributed by atoms with Crippen molar-refractivity contribution in [3.05, 3.63) is 29.8 Å². The predicted octanol–water partition coefficient (Wildman–Crippen LogP) is 0.519. The summed E-state index contributed by atoms with van der Waals surface area (Å²) in [6.07, 6.45) is 1.43. The molecule has 1 spiro atoms. The zero-order valence-electron chi connectivity index (χ0n) is 12.3. The van der Waals surface area contributed by atoms with Crippen molar-refractivity contribution in [1.29, 1.82) is 0 Å². The number of fused-ring (bicyclic) bond motifs is 1. The monoisotopic (exact) mass is 324 g/mol. The number of para-hydroxylation sites is 1. The Morgan fingerprint density at radius 1 is 1.32 bits per heavy atom. The van der Waals surface area contributed by atoms with Gasteiger partial charge in [-0.1, -0.05) is 18.2 Å². The minimum Gasteiger partial charge on any atom is -0.493 e. The summed E-state index contributed by atoms with van der Waals surface area (Å²) in [6, 6.07) is 7.98. The number of nitrogens with two attached hydrogens (primary N) is 1. The van der Waals surface area contributed by atoms with Crippen LogP contribution in [0.15, 0.2) is 24.3 Å². The Bertz CT molecular complexity index is 681. The Hall–Kier alpha value is -1.60. The Morgan fingerprint density at radius 2 is 2.05 bits per heavy atom. The highest BCUT2D eigenvalue weighted by Crippen LogP contribution is 2.41. The first-order chi connectivity index (χ1) is 10.4. The van der Waals surface area contributed by atoms with Crippen LogP contribution >= 0.6 is 0 Å². The smallest absolute Gasteiger partial charge is 0.222 e. The molecule has 7 heteroatoms. The number of hydrogen-bond acceptors (Lipinski definition) is 4. The van der Waals surface area contributed by atoms with E-state index in [1.54, 1.807) is 4.90 Å². The van der Waals surface area contributed by atoms with Gasteiger partial charge in [-0.3, -0.25) is 4.79 Å². The highest BCUT2D eigenvalue weighted by molar-refractivity contribution is 7.89. The first kappa shape index (κ1) is 15.3. The molecule has 1 amide bonds. The van der Waals surface area contributed by atoms with Crippen molar-refractivity contribution in [2.24, 2.45) is 10.6 Å². The third-order valence-corrected chi connectivity index (χ3v) is 5.15. The number of carbonyl (C=O) groups is 1. The highest BCUT2D eigenvalue weighted by Gasteiger charge is 2.47. The van der Waals surface area contributed by atoms with Gasteiger partial charge in [-0.15, -0.1) is 0 Å². The molecule has 2 aliphatic heterocycles. The fourth-order valence-corrected chi connectivity index (χ4v) is 3.75. The summed E-state index contributed by atoms with van der Waals surface area (Å²) in [6.45, 7) is 1.98. The summed E-state index contributed by atoms with van der Waals surface area (Å²) in [4.78, 5) is 13.8. The molecule has 0 aliphatic carbocycles. The molecule has 1 aromatic rings. The van der Waals surface area contributed by atoms with Crippen LogP contribution in [-0.4, -0.2) is 44.7 Å². The lowest BCUT2D eigenvalue weighted by atomic mass is 9.74. The van der Waals surface area contributed by atoms with E-state index in [4.69, 9.17) is 9.88 Å². The number of ether oxygens (including phenoxy) is 1. The molecule has 3 rings (SSSR count). The molecule has 22 heavy (non-hydrogen) atoms. The van der Waals surface area contributed by atoms with Crippen molar-refractivity contribution in [3.63, 3.8) is 0 Å². The lowest BCUT2D eigenvalue weighted by Crippen LogP contribution is -2.62. The molecule has 0 radical (unpaired) electrons. The predicted molar refractivity (Wildman–Crippen MR) is 81.9 cm³/mol. The first-order valence-corrected chi connectivity index (χ1v) is 9.07. The molecule has 0 aromatic heterocycles. The summed E-state index contributed by atoms with van der Waals surface area (Å²) < 4.78 is 27.5. The van der Waals surface area contributed by atoms with E-state index in [1.807, 2.05) is 18.2 Å². The van der Waals surface area contributed by atoms with Gasteiger partial charge >= 0.3 is 0 Å². The molecule has 1 fully saturated rings. The second-order valence-electron chi connectivity index (χ2n) is 6.29. The second-order valence-corrected chi connectivity index (χ2v) is 8.03. The number of benzene rings is 1. The molecule has 0 bridgehead atoms. The van der Waals surface area contributed by atoms with Crippen LogP contribution in [0.4, 0.5) is 0 Å². The fraction of sp³-hybridized carbons (Fsp3) is 0.533. The topological polar surface area (TPSA) is 89.7 Å². The van der Waals surface area contributed by atoms with Crippen molar-refractivity contribution >= 4 is 15.9 Å². The number of likely N-dealkylation sites (tertiary alicyclic amines) is 1. The lowest BCUT2D eigenvalue weighted by molar-refractivity contribution is -0.146. The van der Waals surface area contributed by atoms with Crippen LogP contribution in [0.3, 0.4) is 0 Å². The maximum Gasteiger partial charge on any atom is 0.222 e. The number of sulfonamides is 1. The zero-order chi connectivity index (χ0) is 15.8. The van der Waals surface area contributed by atoms with Gasteiger partial charge in [-0.2, -0.15) is 0 Å². The molecule has 2 aliphatic rings. The molecule has 1 aromatic carbocycles. The minimum atomic E-state index is -3.49. The largest absolute Gasteiger partial charge is 0.493 e. The Kier molecular flexibility index (Phi) is 3.86. The van der Waals surface area contributed by atoms with Gasteiger partial charge < -0.3 is 9.64 Å². The molecule has 6 nitrogen and oxygen atoms in total. The molecule has 0 atom stereocenters. The van der Waals surface area contributed by atoms with Gasteiger partial charge in [0.2, 0.25) is 15.9 Å². The molecular formula is C15H20N2O4S. The van der Waals surface area contributed by atoms with E-state index in [0.717, 1.165) is 12.2 Å². The van der Waals surface area contributed by atoms with E-state index >= 15 is 0 Å². The summed E-state index contributed by atoms with van der Waals surface area (Å²) in [7, 11) is -3.49. The van der Waals surface area contributed by atoms with Crippen LogP contribution in [0.25, 0.3) is 0 Å². The molecule has 1 saturated heterocycles. The van der Waals surface area contributed by atoms with Crippen LogP contribution in [-0.2, 0) is 21.2 Å². The molecule has 0 saturated carbocycles. The minimum absolute atomic E-state index is 0.00636. The third-order valence-electron chi connectivity index (χ3n) is 4.30. The van der Waals surface area contributed by atoms with E-state index < -0.39 is 10.0 Å². The van der Waals surface area contributed by atoms with E-state index in [0.29, 0.717) is 19.7 Å². The van der Waals surface area contributed by atoms with Crippen LogP contribution in [0.5, 0.6) is 5.75 Å². The average molecular weight is 324 g/mol. The summed E-state index contributed by atoms with van der Waals surface area (Å²) in [5, 5.41) is 4.93. The molecular weight excluding hydrogens is 304 g/mol. The Labute approximate surface area is 130 Å². The fourth-order valence-electron chi connectivity index (χ4n) is 3.20. The van der Waals surface area contributed by atoms with Crippen molar-refractivity contribution < 1.29 is 17.9 Å². The Balaban J connectivity index is 1.51. The number of amides is 1. The van der Waals surface area contributed by atoms with Crippen molar-refractivity contribution in [3.8, 4) is 5.75 Å². The molecule has 2 heterocycles. The zero-order valence-corrected chi connectivity index (χ0v) is 13.1. The van der Waals surface area contributed by atoms with E-state index in [2.05, 4.69) is 6.07 Å². The SMILES string of the molecule is NS(=O)(=O)CCCC(=O)N1CC2(COc3ccccc3C2)C1. The van der Waals surface area contributed by atoms with Gasteiger partial charge in [-0.25, -0.2) is 13.6 Å². The van der Waals surface area contributed by atoms with Crippen LogP contribution < -0.4 is 9.88 Å². The molecule has 120 valence electrons. The van der Waals surface area contributed by atoms with Crippen molar-refractivity contribution in [1.82, 2.24) is 4.90 Å². The standard InChI is InChI=1S/C15H20N2O4S/c16-22(19,20)7-3-6-14(18)17-9-15(10-17)8-12-4-1-2-5-13(12)21-11-15/h1-2,4-5H,3,6-11H2,(H2,16,19,20). The number of carbonyl (C=O) groups excluding carboxylic acids is 1. The number of nitrogens with zero attached hydrogens (tertiary/aromatic N) is 1. The number of hydrogen-bond donors (Lipinski definition) is 1. The number of rotatable bonds is 4. The van der Waals surface area contributed by atoms with E-state index in [9.17, 15) is 13.2 Å². The van der Waals surface area contributed by atoms with Gasteiger partial charge in [0.15, 0.2) is 0 Å². The van der Waals surface area contributed by atoms with Gasteiger partial charge in [0, 0.05) is 24.9 Å². The molecule has 2 N–H and O–H groups in total. The quantitative estimate of drug-likeness (QED) is 0.874. The van der Waals surface area contributed by atoms with Gasteiger partial charge in [-0.05, 0) is 24.5 Å². The Morgan fingerprint density at radius 3 is 2.77 bits per heavy atom. The average Bonchev–Trinajstić information content (AvgIpc) is 2.42. The van der Waals surface area contributed by atoms with Crippen molar-refractivity contribution in [2.75, 3.05) is 25.4 Å². The van der Waals surface area contributed by atoms with Crippen molar-refractivity contribution in [2.45, 2.75) is 19.3 Å². The second kappa shape index (κ2) is 5.55. The summed E-state index contributed by atoms with van der Waals surface area (Å²) in [5.74, 6) is 0.785. The maximum absolute atomic E-state index is 12.0. The summed E-state index contributed by atoms with van der Waals surface area (Å²) in [5.41, 5.74) is 1.21. The van der Waals surface area contributed by atoms with Gasteiger partial charge in [0.25, 0.3) is 0 Å². The lowest BCUT2D eigenvalue weighted by Gasteiger charge is -2.52. The van der Waals surface area contributed by atoms with Crippen LogP contribution in [0.2, 0.25) is 0 Å². The maximum atomic E-state index is 12.0. The first-order valence-electron chi connectivity index (χ1n) is 7.36. The normalized spacial score (nSPS) is 19.2.